The summed E-state index contributed by atoms with van der Waals surface area (Å²) >= 11 is 1.49. The van der Waals surface area contributed by atoms with Gasteiger partial charge in [0.25, 0.3) is 5.56 Å². The van der Waals surface area contributed by atoms with Crippen molar-refractivity contribution in [1.29, 1.82) is 0 Å². The summed E-state index contributed by atoms with van der Waals surface area (Å²) in [4.78, 5) is 24.1. The smallest absolute Gasteiger partial charge is 0.271 e. The highest BCUT2D eigenvalue weighted by atomic mass is 32.1. The van der Waals surface area contributed by atoms with Gasteiger partial charge in [0.05, 0.1) is 23.4 Å². The van der Waals surface area contributed by atoms with E-state index in [9.17, 15) is 4.79 Å². The van der Waals surface area contributed by atoms with Crippen LogP contribution >= 0.6 is 11.3 Å². The molecule has 0 spiro atoms. The topological polar surface area (TPSA) is 57.0 Å². The van der Waals surface area contributed by atoms with Gasteiger partial charge in [0.2, 0.25) is 0 Å². The molecule has 0 fully saturated rings. The van der Waals surface area contributed by atoms with Crippen molar-refractivity contribution in [1.82, 2.24) is 14.5 Å². The van der Waals surface area contributed by atoms with Crippen molar-refractivity contribution >= 4 is 31.8 Å². The van der Waals surface area contributed by atoms with Crippen LogP contribution in [0.4, 0.5) is 0 Å². The molecule has 1 aliphatic rings. The monoisotopic (exact) mass is 399 g/mol. The van der Waals surface area contributed by atoms with Crippen LogP contribution in [0.5, 0.6) is 0 Å². The Hall–Kier alpha value is -1.79. The lowest BCUT2D eigenvalue weighted by Gasteiger charge is -2.30. The SMILES string of the molecule is CCCCCn1c(CCC)nc2c(sc3nc4c(cc32)COC(C)(C)C4)c1=O. The first kappa shape index (κ1) is 19.5. The summed E-state index contributed by atoms with van der Waals surface area (Å²) in [5, 5.41) is 0.997. The van der Waals surface area contributed by atoms with E-state index in [-0.39, 0.29) is 11.2 Å². The van der Waals surface area contributed by atoms with Crippen LogP contribution in [0.15, 0.2) is 10.9 Å². The fraction of sp³-hybridized carbons (Fsp3) is 0.591. The van der Waals surface area contributed by atoms with E-state index in [1.807, 2.05) is 4.57 Å². The number of thiophene rings is 1. The van der Waals surface area contributed by atoms with Crippen molar-refractivity contribution in [3.63, 3.8) is 0 Å². The lowest BCUT2D eigenvalue weighted by Crippen LogP contribution is -2.32. The molecule has 4 rings (SSSR count). The zero-order valence-electron chi connectivity index (χ0n) is 17.3. The number of unbranched alkanes of at least 4 members (excludes halogenated alkanes) is 2. The van der Waals surface area contributed by atoms with Gasteiger partial charge in [-0.3, -0.25) is 9.36 Å². The first-order valence-electron chi connectivity index (χ1n) is 10.4. The molecule has 0 unspecified atom stereocenters. The van der Waals surface area contributed by atoms with Crippen molar-refractivity contribution in [2.75, 3.05) is 0 Å². The molecular formula is C22H29N3O2S. The minimum absolute atomic E-state index is 0.0992. The molecule has 0 radical (unpaired) electrons. The minimum atomic E-state index is -0.192. The number of rotatable bonds is 6. The van der Waals surface area contributed by atoms with E-state index >= 15 is 0 Å². The summed E-state index contributed by atoms with van der Waals surface area (Å²) in [6.45, 7) is 9.83. The van der Waals surface area contributed by atoms with Gasteiger partial charge < -0.3 is 4.74 Å². The number of ether oxygens (including phenoxy) is 1. The summed E-state index contributed by atoms with van der Waals surface area (Å²) in [7, 11) is 0. The quantitative estimate of drug-likeness (QED) is 0.547. The molecule has 6 heteroatoms. The van der Waals surface area contributed by atoms with Gasteiger partial charge in [-0.1, -0.05) is 26.7 Å². The number of fused-ring (bicyclic) bond motifs is 4. The standard InChI is InChI=1S/C22H29N3O2S/c1-5-7-8-10-25-17(9-6-2)24-18-15-11-14-13-27-22(3,4)12-16(14)23-20(15)28-19(18)21(25)26/h11H,5-10,12-13H2,1-4H3. The van der Waals surface area contributed by atoms with Crippen LogP contribution in [-0.2, 0) is 30.7 Å². The summed E-state index contributed by atoms with van der Waals surface area (Å²) in [6.07, 6.45) is 5.89. The Morgan fingerprint density at radius 2 is 2.04 bits per heavy atom. The maximum Gasteiger partial charge on any atom is 0.271 e. The summed E-state index contributed by atoms with van der Waals surface area (Å²) in [5.41, 5.74) is 2.94. The van der Waals surface area contributed by atoms with Gasteiger partial charge in [-0.2, -0.15) is 0 Å². The second-order valence-electron chi connectivity index (χ2n) is 8.39. The van der Waals surface area contributed by atoms with Crippen LogP contribution in [-0.4, -0.2) is 20.1 Å². The summed E-state index contributed by atoms with van der Waals surface area (Å²) in [5.74, 6) is 0.908. The average molecular weight is 400 g/mol. The molecule has 150 valence electrons. The van der Waals surface area contributed by atoms with Crippen molar-refractivity contribution in [3.8, 4) is 0 Å². The van der Waals surface area contributed by atoms with Gasteiger partial charge in [0.15, 0.2) is 0 Å². The third-order valence-corrected chi connectivity index (χ3v) is 6.56. The second-order valence-corrected chi connectivity index (χ2v) is 9.39. The Balaban J connectivity index is 1.88. The Morgan fingerprint density at radius 3 is 2.79 bits per heavy atom. The van der Waals surface area contributed by atoms with E-state index < -0.39 is 0 Å². The van der Waals surface area contributed by atoms with Crippen LogP contribution in [0, 0.1) is 0 Å². The third kappa shape index (κ3) is 3.48. The van der Waals surface area contributed by atoms with Crippen LogP contribution in [0.3, 0.4) is 0 Å². The van der Waals surface area contributed by atoms with Crippen molar-refractivity contribution in [3.05, 3.63) is 33.5 Å². The lowest BCUT2D eigenvalue weighted by molar-refractivity contribution is -0.0411. The van der Waals surface area contributed by atoms with Crippen LogP contribution in [0.1, 0.15) is 70.5 Å². The summed E-state index contributed by atoms with van der Waals surface area (Å²) in [6, 6.07) is 2.15. The lowest BCUT2D eigenvalue weighted by atomic mass is 9.95. The van der Waals surface area contributed by atoms with Gasteiger partial charge in [-0.05, 0) is 32.8 Å². The maximum absolute atomic E-state index is 13.3. The van der Waals surface area contributed by atoms with Crippen molar-refractivity contribution in [2.24, 2.45) is 0 Å². The second kappa shape index (κ2) is 7.56. The van der Waals surface area contributed by atoms with Gasteiger partial charge >= 0.3 is 0 Å². The van der Waals surface area contributed by atoms with E-state index in [4.69, 9.17) is 14.7 Å². The molecule has 0 aromatic carbocycles. The number of aryl methyl sites for hydroxylation is 1. The van der Waals surface area contributed by atoms with Crippen molar-refractivity contribution in [2.45, 2.75) is 85.0 Å². The molecule has 0 N–H and O–H groups in total. The number of hydrogen-bond donors (Lipinski definition) is 0. The van der Waals surface area contributed by atoms with Gasteiger partial charge in [-0.25, -0.2) is 9.97 Å². The highest BCUT2D eigenvalue weighted by Crippen LogP contribution is 2.34. The van der Waals surface area contributed by atoms with Crippen LogP contribution < -0.4 is 5.56 Å². The van der Waals surface area contributed by atoms with Crippen LogP contribution in [0.25, 0.3) is 20.4 Å². The highest BCUT2D eigenvalue weighted by molar-refractivity contribution is 7.25. The van der Waals surface area contributed by atoms with E-state index in [0.717, 1.165) is 82.6 Å². The number of aromatic nitrogens is 3. The molecular weight excluding hydrogens is 370 g/mol. The molecule has 3 aromatic heterocycles. The van der Waals surface area contributed by atoms with E-state index in [0.29, 0.717) is 6.61 Å². The third-order valence-electron chi connectivity index (χ3n) is 5.49. The summed E-state index contributed by atoms with van der Waals surface area (Å²) < 4.78 is 8.61. The van der Waals surface area contributed by atoms with Gasteiger partial charge in [0, 0.05) is 30.3 Å². The first-order valence-corrected chi connectivity index (χ1v) is 11.2. The van der Waals surface area contributed by atoms with Gasteiger partial charge in [-0.15, -0.1) is 11.3 Å². The Labute approximate surface area is 169 Å². The van der Waals surface area contributed by atoms with E-state index in [2.05, 4.69) is 33.8 Å². The molecule has 0 bridgehead atoms. The molecule has 0 aliphatic carbocycles. The fourth-order valence-electron chi connectivity index (χ4n) is 3.94. The number of nitrogens with zero attached hydrogens (tertiary/aromatic N) is 3. The van der Waals surface area contributed by atoms with E-state index in [1.165, 1.54) is 11.3 Å². The molecule has 0 amide bonds. The van der Waals surface area contributed by atoms with Crippen molar-refractivity contribution < 1.29 is 4.74 Å². The molecule has 0 atom stereocenters. The maximum atomic E-state index is 13.3. The van der Waals surface area contributed by atoms with Crippen LogP contribution in [0.2, 0.25) is 0 Å². The first-order chi connectivity index (χ1) is 13.4. The average Bonchev–Trinajstić information content (AvgIpc) is 3.00. The molecule has 28 heavy (non-hydrogen) atoms. The predicted octanol–water partition coefficient (Wildman–Crippen LogP) is 5.00. The zero-order chi connectivity index (χ0) is 19.9. The Morgan fingerprint density at radius 1 is 1.21 bits per heavy atom. The van der Waals surface area contributed by atoms with Gasteiger partial charge in [0.1, 0.15) is 15.4 Å². The zero-order valence-corrected chi connectivity index (χ0v) is 18.1. The molecule has 0 saturated heterocycles. The molecule has 1 aliphatic heterocycles. The fourth-order valence-corrected chi connectivity index (χ4v) is 5.01. The Kier molecular flexibility index (Phi) is 5.27. The predicted molar refractivity (Wildman–Crippen MR) is 115 cm³/mol. The molecule has 5 nitrogen and oxygen atoms in total. The number of hydrogen-bond acceptors (Lipinski definition) is 5. The molecule has 0 saturated carbocycles. The normalized spacial score (nSPS) is 16.0. The van der Waals surface area contributed by atoms with E-state index in [1.54, 1.807) is 0 Å². The highest BCUT2D eigenvalue weighted by Gasteiger charge is 2.28. The largest absolute Gasteiger partial charge is 0.370 e. The molecule has 4 heterocycles. The number of pyridine rings is 1. The molecule has 3 aromatic rings. The Bertz CT molecular complexity index is 1080. The minimum Gasteiger partial charge on any atom is -0.370 e.